The molecule has 1 aliphatic heterocycles. The van der Waals surface area contributed by atoms with E-state index in [1.54, 1.807) is 45.3 Å². The van der Waals surface area contributed by atoms with E-state index < -0.39 is 42.0 Å². The molecule has 0 radical (unpaired) electrons. The van der Waals surface area contributed by atoms with E-state index >= 15 is 0 Å². The summed E-state index contributed by atoms with van der Waals surface area (Å²) in [5, 5.41) is 22.0. The van der Waals surface area contributed by atoms with Gasteiger partial charge in [0.25, 0.3) is 0 Å². The van der Waals surface area contributed by atoms with Crippen LogP contribution in [0.25, 0.3) is 0 Å². The predicted octanol–water partition coefficient (Wildman–Crippen LogP) is 3.81. The van der Waals surface area contributed by atoms with Crippen molar-refractivity contribution in [3.05, 3.63) is 30.1 Å². The van der Waals surface area contributed by atoms with Crippen LogP contribution in [0.4, 0.5) is 0 Å². The minimum absolute atomic E-state index is 0.00768. The third kappa shape index (κ3) is 5.72. The van der Waals surface area contributed by atoms with Gasteiger partial charge in [0.1, 0.15) is 11.9 Å². The first-order chi connectivity index (χ1) is 14.5. The third-order valence-corrected chi connectivity index (χ3v) is 7.59. The molecule has 6 heteroatoms. The summed E-state index contributed by atoms with van der Waals surface area (Å²) in [5.74, 6) is -2.40. The van der Waals surface area contributed by atoms with Gasteiger partial charge in [-0.05, 0) is 37.2 Å². The van der Waals surface area contributed by atoms with Crippen LogP contribution in [0.15, 0.2) is 24.5 Å². The van der Waals surface area contributed by atoms with Crippen molar-refractivity contribution >= 4 is 11.8 Å². The average molecular weight is 434 g/mol. The standard InChI is InChI=1S/C25H39NO5/c1-13-11-14(2)21(27)17(5)23(29)18(6)24(20-9-8-10-26-12-20)31-25(30)19(7)22(28)16(4)15(13)3/h8-10,12-19,22-24,28-29H,11H2,1-7H3. The van der Waals surface area contributed by atoms with Gasteiger partial charge in [0.2, 0.25) is 0 Å². The molecule has 1 fully saturated rings. The molecule has 1 aliphatic rings. The molecule has 10 atom stereocenters. The van der Waals surface area contributed by atoms with Crippen LogP contribution in [0, 0.1) is 41.4 Å². The number of hydrogen-bond donors (Lipinski definition) is 2. The number of hydrogen-bond acceptors (Lipinski definition) is 6. The first kappa shape index (κ1) is 25.5. The lowest BCUT2D eigenvalue weighted by molar-refractivity contribution is -0.166. The Morgan fingerprint density at radius 2 is 1.52 bits per heavy atom. The molecule has 174 valence electrons. The molecule has 1 aromatic heterocycles. The maximum atomic E-state index is 13.1. The Morgan fingerprint density at radius 1 is 0.903 bits per heavy atom. The number of Topliss-reactive ketones (excluding diaryl/α,β-unsaturated/α-hetero) is 1. The van der Waals surface area contributed by atoms with E-state index in [0.29, 0.717) is 12.0 Å². The SMILES string of the molecule is CC1CC(C)C(C)C(C)C(O)C(C)C(=O)OC(c2cccnc2)C(C)C(O)C(C)C1=O. The Balaban J connectivity index is 2.46. The summed E-state index contributed by atoms with van der Waals surface area (Å²) in [4.78, 5) is 30.2. The fraction of sp³-hybridized carbons (Fsp3) is 0.720. The van der Waals surface area contributed by atoms with Gasteiger partial charge in [0.05, 0.1) is 18.1 Å². The summed E-state index contributed by atoms with van der Waals surface area (Å²) in [6.07, 6.45) is 1.28. The van der Waals surface area contributed by atoms with E-state index in [1.165, 1.54) is 0 Å². The number of ether oxygens (including phenoxy) is 1. The number of ketones is 1. The highest BCUT2D eigenvalue weighted by Gasteiger charge is 2.40. The van der Waals surface area contributed by atoms with Crippen molar-refractivity contribution in [3.63, 3.8) is 0 Å². The second-order valence-corrected chi connectivity index (χ2v) is 9.80. The molecule has 0 spiro atoms. The first-order valence-corrected chi connectivity index (χ1v) is 11.5. The maximum Gasteiger partial charge on any atom is 0.311 e. The summed E-state index contributed by atoms with van der Waals surface area (Å²) in [5.41, 5.74) is 0.652. The summed E-state index contributed by atoms with van der Waals surface area (Å²) in [6, 6.07) is 3.54. The highest BCUT2D eigenvalue weighted by molar-refractivity contribution is 5.83. The summed E-state index contributed by atoms with van der Waals surface area (Å²) in [6.45, 7) is 13.2. The van der Waals surface area contributed by atoms with Gasteiger partial charge in [-0.25, -0.2) is 0 Å². The van der Waals surface area contributed by atoms with Gasteiger partial charge in [-0.3, -0.25) is 14.6 Å². The lowest BCUT2D eigenvalue weighted by atomic mass is 9.73. The average Bonchev–Trinajstić information content (AvgIpc) is 2.78. The molecule has 0 aliphatic carbocycles. The molecule has 2 rings (SSSR count). The number of esters is 1. The van der Waals surface area contributed by atoms with Crippen molar-refractivity contribution in [2.45, 2.75) is 73.2 Å². The van der Waals surface area contributed by atoms with Crippen molar-refractivity contribution in [1.82, 2.24) is 4.98 Å². The van der Waals surface area contributed by atoms with Gasteiger partial charge < -0.3 is 14.9 Å². The molecule has 0 bridgehead atoms. The summed E-state index contributed by atoms with van der Waals surface area (Å²) >= 11 is 0. The minimum Gasteiger partial charge on any atom is -0.457 e. The maximum absolute atomic E-state index is 13.1. The highest BCUT2D eigenvalue weighted by atomic mass is 16.5. The zero-order valence-electron chi connectivity index (χ0n) is 19.9. The highest BCUT2D eigenvalue weighted by Crippen LogP contribution is 2.36. The summed E-state index contributed by atoms with van der Waals surface area (Å²) < 4.78 is 5.86. The van der Waals surface area contributed by atoms with E-state index in [4.69, 9.17) is 4.74 Å². The molecular formula is C25H39NO5. The zero-order chi connectivity index (χ0) is 23.5. The van der Waals surface area contributed by atoms with Crippen LogP contribution < -0.4 is 0 Å². The second-order valence-electron chi connectivity index (χ2n) is 9.80. The molecule has 2 N–H and O–H groups in total. The van der Waals surface area contributed by atoms with Crippen LogP contribution in [0.1, 0.15) is 66.6 Å². The number of pyridine rings is 1. The number of aliphatic hydroxyl groups excluding tert-OH is 2. The van der Waals surface area contributed by atoms with E-state index in [2.05, 4.69) is 18.8 Å². The molecule has 2 heterocycles. The fourth-order valence-corrected chi connectivity index (χ4v) is 4.82. The van der Waals surface area contributed by atoms with E-state index in [-0.39, 0.29) is 29.5 Å². The normalized spacial score (nSPS) is 41.3. The van der Waals surface area contributed by atoms with Gasteiger partial charge in [-0.2, -0.15) is 0 Å². The number of cyclic esters (lactones) is 1. The van der Waals surface area contributed by atoms with Gasteiger partial charge >= 0.3 is 5.97 Å². The number of carbonyl (C=O) groups is 2. The Hall–Kier alpha value is -1.79. The monoisotopic (exact) mass is 433 g/mol. The molecule has 10 unspecified atom stereocenters. The number of nitrogens with zero attached hydrogens (tertiary/aromatic N) is 1. The molecule has 1 saturated heterocycles. The number of rotatable bonds is 1. The van der Waals surface area contributed by atoms with Gasteiger partial charge in [-0.1, -0.05) is 47.6 Å². The molecule has 0 aromatic carbocycles. The van der Waals surface area contributed by atoms with Gasteiger partial charge in [0, 0.05) is 35.7 Å². The lowest BCUT2D eigenvalue weighted by Crippen LogP contribution is -2.42. The van der Waals surface area contributed by atoms with Crippen LogP contribution >= 0.6 is 0 Å². The fourth-order valence-electron chi connectivity index (χ4n) is 4.82. The number of aromatic nitrogens is 1. The molecule has 31 heavy (non-hydrogen) atoms. The van der Waals surface area contributed by atoms with Crippen LogP contribution in [0.2, 0.25) is 0 Å². The van der Waals surface area contributed by atoms with E-state index in [1.807, 2.05) is 13.8 Å². The van der Waals surface area contributed by atoms with E-state index in [0.717, 1.165) is 0 Å². The van der Waals surface area contributed by atoms with Gasteiger partial charge in [-0.15, -0.1) is 0 Å². The minimum atomic E-state index is -0.984. The molecule has 6 nitrogen and oxygen atoms in total. The lowest BCUT2D eigenvalue weighted by Gasteiger charge is -2.36. The van der Waals surface area contributed by atoms with Crippen LogP contribution in [0.5, 0.6) is 0 Å². The predicted molar refractivity (Wildman–Crippen MR) is 119 cm³/mol. The van der Waals surface area contributed by atoms with Crippen molar-refractivity contribution in [3.8, 4) is 0 Å². The second kappa shape index (κ2) is 10.7. The largest absolute Gasteiger partial charge is 0.457 e. The first-order valence-electron chi connectivity index (χ1n) is 11.5. The smallest absolute Gasteiger partial charge is 0.311 e. The molecule has 0 saturated carbocycles. The molecular weight excluding hydrogens is 394 g/mol. The number of carbonyl (C=O) groups excluding carboxylic acids is 2. The van der Waals surface area contributed by atoms with Crippen molar-refractivity contribution in [2.24, 2.45) is 41.4 Å². The van der Waals surface area contributed by atoms with Crippen LogP contribution in [-0.2, 0) is 14.3 Å². The quantitative estimate of drug-likeness (QED) is 0.654. The Bertz CT molecular complexity index is 739. The van der Waals surface area contributed by atoms with Crippen LogP contribution in [0.3, 0.4) is 0 Å². The zero-order valence-corrected chi connectivity index (χ0v) is 19.9. The molecule has 0 amide bonds. The topological polar surface area (TPSA) is 96.7 Å². The Kier molecular flexibility index (Phi) is 8.78. The van der Waals surface area contributed by atoms with Crippen LogP contribution in [-0.4, -0.2) is 39.2 Å². The van der Waals surface area contributed by atoms with Crippen molar-refractivity contribution in [2.75, 3.05) is 0 Å². The van der Waals surface area contributed by atoms with E-state index in [9.17, 15) is 19.8 Å². The van der Waals surface area contributed by atoms with Gasteiger partial charge in [0.15, 0.2) is 0 Å². The Morgan fingerprint density at radius 3 is 2.10 bits per heavy atom. The summed E-state index contributed by atoms with van der Waals surface area (Å²) in [7, 11) is 0. The number of aliphatic hydroxyl groups is 2. The van der Waals surface area contributed by atoms with Crippen molar-refractivity contribution in [1.29, 1.82) is 0 Å². The molecule has 1 aromatic rings. The Labute approximate surface area is 186 Å². The van der Waals surface area contributed by atoms with Crippen molar-refractivity contribution < 1.29 is 24.5 Å². The third-order valence-electron chi connectivity index (χ3n) is 7.59.